The molecular formula is C21H35ClN4O. The fourth-order valence-electron chi connectivity index (χ4n) is 5.10. The summed E-state index contributed by atoms with van der Waals surface area (Å²) in [5.41, 5.74) is 2.82. The van der Waals surface area contributed by atoms with E-state index in [2.05, 4.69) is 47.1 Å². The Labute approximate surface area is 169 Å². The summed E-state index contributed by atoms with van der Waals surface area (Å²) in [6.45, 7) is 7.61. The van der Waals surface area contributed by atoms with Crippen LogP contribution in [-0.2, 0) is 18.4 Å². The number of carbonyl (C=O) groups excluding carboxylic acids is 1. The second-order valence-electron chi connectivity index (χ2n) is 9.15. The van der Waals surface area contributed by atoms with Crippen molar-refractivity contribution in [3.05, 3.63) is 17.5 Å². The van der Waals surface area contributed by atoms with Crippen LogP contribution >= 0.6 is 12.4 Å². The predicted octanol–water partition coefficient (Wildman–Crippen LogP) is 3.48. The van der Waals surface area contributed by atoms with Crippen LogP contribution in [0.25, 0.3) is 0 Å². The Morgan fingerprint density at radius 1 is 1.22 bits per heavy atom. The summed E-state index contributed by atoms with van der Waals surface area (Å²) in [6, 6.07) is 0.296. The zero-order valence-electron chi connectivity index (χ0n) is 17.0. The molecule has 2 aliphatic carbocycles. The van der Waals surface area contributed by atoms with Crippen molar-refractivity contribution < 1.29 is 4.79 Å². The lowest BCUT2D eigenvalue weighted by Gasteiger charge is -2.24. The molecule has 5 nitrogen and oxygen atoms in total. The fraction of sp³-hybridized carbons (Fsp3) is 0.810. The molecule has 0 bridgehead atoms. The minimum absolute atomic E-state index is 0. The number of aryl methyl sites for hydroxylation is 1. The van der Waals surface area contributed by atoms with Crippen LogP contribution in [0.1, 0.15) is 69.5 Å². The second kappa shape index (κ2) is 8.52. The Kier molecular flexibility index (Phi) is 6.52. The van der Waals surface area contributed by atoms with Gasteiger partial charge in [-0.05, 0) is 37.5 Å². The Balaban J connectivity index is 0.00000210. The minimum Gasteiger partial charge on any atom is -0.352 e. The summed E-state index contributed by atoms with van der Waals surface area (Å²) >= 11 is 0. The standard InChI is InChI=1S/C21H34N4O.ClH/c1-14(2)18-12-25(11-17-10-22-24(3)20(17)15-8-9-15)13-19(18)23-21(26)16-6-4-5-7-16;/h10,14-16,18-19H,4-9,11-13H2,1-3H3,(H,23,26);1H/t18-,19+;/m1./s1. The van der Waals surface area contributed by atoms with Crippen LogP contribution in [0.2, 0.25) is 0 Å². The molecule has 0 spiro atoms. The predicted molar refractivity (Wildman–Crippen MR) is 110 cm³/mol. The summed E-state index contributed by atoms with van der Waals surface area (Å²) in [5.74, 6) is 2.42. The molecule has 1 aromatic rings. The molecule has 2 atom stereocenters. The van der Waals surface area contributed by atoms with E-state index >= 15 is 0 Å². The molecule has 1 amide bonds. The molecule has 6 heteroatoms. The Bertz CT molecular complexity index is 649. The highest BCUT2D eigenvalue weighted by molar-refractivity contribution is 5.85. The van der Waals surface area contributed by atoms with Gasteiger partial charge in [0.15, 0.2) is 0 Å². The van der Waals surface area contributed by atoms with Crippen molar-refractivity contribution in [3.63, 3.8) is 0 Å². The first-order valence-electron chi connectivity index (χ1n) is 10.6. The van der Waals surface area contributed by atoms with Crippen molar-refractivity contribution in [2.45, 2.75) is 70.9 Å². The van der Waals surface area contributed by atoms with Crippen LogP contribution in [0.5, 0.6) is 0 Å². The quantitative estimate of drug-likeness (QED) is 0.803. The van der Waals surface area contributed by atoms with E-state index < -0.39 is 0 Å². The van der Waals surface area contributed by atoms with E-state index in [-0.39, 0.29) is 18.3 Å². The minimum atomic E-state index is 0. The van der Waals surface area contributed by atoms with Crippen LogP contribution in [0.3, 0.4) is 0 Å². The summed E-state index contributed by atoms with van der Waals surface area (Å²) in [7, 11) is 2.07. The van der Waals surface area contributed by atoms with Crippen molar-refractivity contribution in [2.75, 3.05) is 13.1 Å². The first-order chi connectivity index (χ1) is 12.5. The normalized spacial score (nSPS) is 26.5. The lowest BCUT2D eigenvalue weighted by Crippen LogP contribution is -2.44. The van der Waals surface area contributed by atoms with Crippen LogP contribution in [0.15, 0.2) is 6.20 Å². The molecule has 1 aliphatic heterocycles. The van der Waals surface area contributed by atoms with E-state index in [1.807, 2.05) is 0 Å². The maximum atomic E-state index is 12.6. The van der Waals surface area contributed by atoms with E-state index in [1.165, 1.54) is 36.9 Å². The first-order valence-corrected chi connectivity index (χ1v) is 10.6. The number of hydrogen-bond donors (Lipinski definition) is 1. The second-order valence-corrected chi connectivity index (χ2v) is 9.15. The smallest absolute Gasteiger partial charge is 0.223 e. The maximum absolute atomic E-state index is 12.6. The number of amides is 1. The molecule has 0 unspecified atom stereocenters. The average molecular weight is 395 g/mol. The van der Waals surface area contributed by atoms with E-state index in [0.29, 0.717) is 23.8 Å². The summed E-state index contributed by atoms with van der Waals surface area (Å²) in [6.07, 6.45) is 9.26. The van der Waals surface area contributed by atoms with E-state index in [9.17, 15) is 4.79 Å². The third kappa shape index (κ3) is 4.51. The van der Waals surface area contributed by atoms with Gasteiger partial charge < -0.3 is 5.32 Å². The van der Waals surface area contributed by atoms with Gasteiger partial charge in [0.1, 0.15) is 0 Å². The number of halogens is 1. The molecule has 2 saturated carbocycles. The highest BCUT2D eigenvalue weighted by atomic mass is 35.5. The number of hydrogen-bond acceptors (Lipinski definition) is 3. The van der Waals surface area contributed by atoms with Gasteiger partial charge in [-0.2, -0.15) is 5.10 Å². The van der Waals surface area contributed by atoms with Crippen molar-refractivity contribution >= 4 is 18.3 Å². The third-order valence-electron chi connectivity index (χ3n) is 6.77. The van der Waals surface area contributed by atoms with Gasteiger partial charge in [-0.15, -0.1) is 12.4 Å². The zero-order valence-corrected chi connectivity index (χ0v) is 17.8. The van der Waals surface area contributed by atoms with Crippen LogP contribution < -0.4 is 5.32 Å². The zero-order chi connectivity index (χ0) is 18.3. The van der Waals surface area contributed by atoms with Gasteiger partial charge in [0.2, 0.25) is 5.91 Å². The fourth-order valence-corrected chi connectivity index (χ4v) is 5.10. The lowest BCUT2D eigenvalue weighted by atomic mass is 9.91. The van der Waals surface area contributed by atoms with Gasteiger partial charge in [-0.25, -0.2) is 0 Å². The van der Waals surface area contributed by atoms with Gasteiger partial charge >= 0.3 is 0 Å². The Hall–Kier alpha value is -1.07. The third-order valence-corrected chi connectivity index (χ3v) is 6.77. The monoisotopic (exact) mass is 394 g/mol. The summed E-state index contributed by atoms with van der Waals surface area (Å²) in [4.78, 5) is 15.2. The number of aromatic nitrogens is 2. The highest BCUT2D eigenvalue weighted by Gasteiger charge is 2.38. The number of nitrogens with one attached hydrogen (secondary N) is 1. The molecule has 3 aliphatic rings. The molecule has 1 N–H and O–H groups in total. The van der Waals surface area contributed by atoms with Crippen LogP contribution in [0, 0.1) is 17.8 Å². The van der Waals surface area contributed by atoms with Crippen molar-refractivity contribution in [3.8, 4) is 0 Å². The highest BCUT2D eigenvalue weighted by Crippen LogP contribution is 2.42. The molecule has 27 heavy (non-hydrogen) atoms. The lowest BCUT2D eigenvalue weighted by molar-refractivity contribution is -0.125. The SMILES string of the molecule is CC(C)[C@H]1CN(Cc2cnn(C)c2C2CC2)C[C@@H]1NC(=O)C1CCCC1.Cl. The molecule has 152 valence electrons. The largest absolute Gasteiger partial charge is 0.352 e. The van der Waals surface area contributed by atoms with Crippen molar-refractivity contribution in [1.82, 2.24) is 20.0 Å². The van der Waals surface area contributed by atoms with Gasteiger partial charge in [0.25, 0.3) is 0 Å². The van der Waals surface area contributed by atoms with E-state index in [0.717, 1.165) is 38.4 Å². The summed E-state index contributed by atoms with van der Waals surface area (Å²) in [5, 5.41) is 7.94. The van der Waals surface area contributed by atoms with Gasteiger partial charge in [-0.3, -0.25) is 14.4 Å². The van der Waals surface area contributed by atoms with E-state index in [1.54, 1.807) is 0 Å². The Morgan fingerprint density at radius 3 is 2.56 bits per heavy atom. The first kappa shape index (κ1) is 20.7. The molecule has 0 radical (unpaired) electrons. The molecule has 3 fully saturated rings. The molecular weight excluding hydrogens is 360 g/mol. The van der Waals surface area contributed by atoms with Crippen LogP contribution in [0.4, 0.5) is 0 Å². The summed E-state index contributed by atoms with van der Waals surface area (Å²) < 4.78 is 2.07. The molecule has 1 saturated heterocycles. The van der Waals surface area contributed by atoms with E-state index in [4.69, 9.17) is 0 Å². The number of carbonyl (C=O) groups is 1. The molecule has 2 heterocycles. The number of likely N-dealkylation sites (tertiary alicyclic amines) is 1. The maximum Gasteiger partial charge on any atom is 0.223 e. The van der Waals surface area contributed by atoms with Gasteiger partial charge in [-0.1, -0.05) is 26.7 Å². The van der Waals surface area contributed by atoms with Crippen molar-refractivity contribution in [1.29, 1.82) is 0 Å². The Morgan fingerprint density at radius 2 is 1.93 bits per heavy atom. The van der Waals surface area contributed by atoms with Crippen LogP contribution in [-0.4, -0.2) is 39.7 Å². The van der Waals surface area contributed by atoms with Gasteiger partial charge in [0, 0.05) is 55.8 Å². The average Bonchev–Trinajstić information content (AvgIpc) is 3.00. The van der Waals surface area contributed by atoms with Gasteiger partial charge in [0.05, 0.1) is 6.20 Å². The molecule has 0 aromatic carbocycles. The topological polar surface area (TPSA) is 50.2 Å². The number of rotatable bonds is 6. The van der Waals surface area contributed by atoms with Crippen molar-refractivity contribution in [2.24, 2.45) is 24.8 Å². The number of nitrogens with zero attached hydrogens (tertiary/aromatic N) is 3. The molecule has 1 aromatic heterocycles. The molecule has 4 rings (SSSR count).